The first-order chi connectivity index (χ1) is 7.12. The first-order valence-corrected chi connectivity index (χ1v) is 6.20. The Balaban J connectivity index is 1.91. The summed E-state index contributed by atoms with van der Waals surface area (Å²) in [5.74, 6) is 0. The van der Waals surface area contributed by atoms with Crippen molar-refractivity contribution in [3.63, 3.8) is 0 Å². The first-order valence-electron chi connectivity index (χ1n) is 6.20. The Kier molecular flexibility index (Phi) is 3.31. The number of hydrogen-bond donors (Lipinski definition) is 1. The van der Waals surface area contributed by atoms with Crippen LogP contribution < -0.4 is 0 Å². The highest BCUT2D eigenvalue weighted by Crippen LogP contribution is 2.44. The molecule has 2 fully saturated rings. The predicted molar refractivity (Wildman–Crippen MR) is 58.6 cm³/mol. The summed E-state index contributed by atoms with van der Waals surface area (Å²) in [5.41, 5.74) is 0.243. The number of nitrogens with zero attached hydrogens (tertiary/aromatic N) is 1. The SMILES string of the molecule is CC(F)CCN1CCC(O)CC12CCC2. The van der Waals surface area contributed by atoms with Crippen LogP contribution in [-0.4, -0.2) is 40.9 Å². The van der Waals surface area contributed by atoms with Gasteiger partial charge in [-0.25, -0.2) is 4.39 Å². The molecule has 0 aromatic heterocycles. The first kappa shape index (κ1) is 11.3. The molecule has 1 spiro atoms. The average Bonchev–Trinajstić information content (AvgIpc) is 2.13. The molecule has 0 radical (unpaired) electrons. The minimum Gasteiger partial charge on any atom is -0.393 e. The normalized spacial score (nSPS) is 32.6. The van der Waals surface area contributed by atoms with Crippen LogP contribution in [0.5, 0.6) is 0 Å². The van der Waals surface area contributed by atoms with Crippen molar-refractivity contribution in [1.29, 1.82) is 0 Å². The minimum atomic E-state index is -0.700. The number of rotatable bonds is 3. The fourth-order valence-corrected chi connectivity index (χ4v) is 3.00. The summed E-state index contributed by atoms with van der Waals surface area (Å²) in [6.07, 6.45) is 5.26. The molecule has 2 aliphatic rings. The van der Waals surface area contributed by atoms with Crippen LogP contribution in [0.1, 0.15) is 45.4 Å². The molecule has 0 bridgehead atoms. The molecule has 0 aromatic rings. The van der Waals surface area contributed by atoms with Crippen LogP contribution in [0.4, 0.5) is 4.39 Å². The second-order valence-corrected chi connectivity index (χ2v) is 5.28. The highest BCUT2D eigenvalue weighted by atomic mass is 19.1. The van der Waals surface area contributed by atoms with E-state index in [9.17, 15) is 9.50 Å². The van der Waals surface area contributed by atoms with Crippen LogP contribution in [0.25, 0.3) is 0 Å². The lowest BCUT2D eigenvalue weighted by Crippen LogP contribution is -2.59. The van der Waals surface area contributed by atoms with Gasteiger partial charge in [-0.15, -0.1) is 0 Å². The molecule has 1 aliphatic carbocycles. The van der Waals surface area contributed by atoms with E-state index >= 15 is 0 Å². The van der Waals surface area contributed by atoms with Crippen molar-refractivity contribution >= 4 is 0 Å². The lowest BCUT2D eigenvalue weighted by atomic mass is 9.69. The molecule has 2 unspecified atom stereocenters. The Morgan fingerprint density at radius 1 is 1.53 bits per heavy atom. The van der Waals surface area contributed by atoms with Crippen LogP contribution in [0.15, 0.2) is 0 Å². The maximum absolute atomic E-state index is 12.8. The number of hydrogen-bond acceptors (Lipinski definition) is 2. The van der Waals surface area contributed by atoms with Crippen molar-refractivity contribution in [1.82, 2.24) is 4.90 Å². The number of piperidine rings is 1. The zero-order valence-electron chi connectivity index (χ0n) is 9.58. The third-order valence-electron chi connectivity index (χ3n) is 4.10. The van der Waals surface area contributed by atoms with E-state index in [-0.39, 0.29) is 11.6 Å². The molecule has 1 heterocycles. The van der Waals surface area contributed by atoms with Crippen LogP contribution >= 0.6 is 0 Å². The smallest absolute Gasteiger partial charge is 0.0985 e. The second-order valence-electron chi connectivity index (χ2n) is 5.28. The monoisotopic (exact) mass is 215 g/mol. The topological polar surface area (TPSA) is 23.5 Å². The van der Waals surface area contributed by atoms with Gasteiger partial charge < -0.3 is 5.11 Å². The maximum atomic E-state index is 12.8. The fourth-order valence-electron chi connectivity index (χ4n) is 3.00. The van der Waals surface area contributed by atoms with E-state index in [0.717, 1.165) is 25.9 Å². The quantitative estimate of drug-likeness (QED) is 0.779. The van der Waals surface area contributed by atoms with Crippen molar-refractivity contribution < 1.29 is 9.50 Å². The summed E-state index contributed by atoms with van der Waals surface area (Å²) < 4.78 is 12.8. The van der Waals surface area contributed by atoms with Gasteiger partial charge in [-0.05, 0) is 45.4 Å². The number of aliphatic hydroxyl groups excluding tert-OH is 1. The zero-order valence-corrected chi connectivity index (χ0v) is 9.58. The molecule has 1 saturated carbocycles. The molecule has 0 aromatic carbocycles. The van der Waals surface area contributed by atoms with Crippen LogP contribution in [0.2, 0.25) is 0 Å². The van der Waals surface area contributed by atoms with E-state index in [4.69, 9.17) is 0 Å². The van der Waals surface area contributed by atoms with Gasteiger partial charge in [-0.2, -0.15) is 0 Å². The number of aliphatic hydroxyl groups is 1. The zero-order chi connectivity index (χ0) is 10.9. The van der Waals surface area contributed by atoms with Gasteiger partial charge in [0.05, 0.1) is 12.3 Å². The average molecular weight is 215 g/mol. The Morgan fingerprint density at radius 3 is 2.80 bits per heavy atom. The highest BCUT2D eigenvalue weighted by molar-refractivity contribution is 5.02. The summed E-state index contributed by atoms with van der Waals surface area (Å²) in [6, 6.07) is 0. The van der Waals surface area contributed by atoms with Gasteiger partial charge >= 0.3 is 0 Å². The van der Waals surface area contributed by atoms with E-state index in [2.05, 4.69) is 4.90 Å². The Hall–Kier alpha value is -0.150. The number of halogens is 1. The Labute approximate surface area is 91.5 Å². The third-order valence-corrected chi connectivity index (χ3v) is 4.10. The molecule has 1 aliphatic heterocycles. The van der Waals surface area contributed by atoms with Gasteiger partial charge in [0.25, 0.3) is 0 Å². The Bertz CT molecular complexity index is 216. The molecule has 2 atom stereocenters. The molecular formula is C12H22FNO. The lowest BCUT2D eigenvalue weighted by molar-refractivity contribution is -0.0674. The minimum absolute atomic E-state index is 0.121. The second kappa shape index (κ2) is 4.38. The molecule has 1 saturated heterocycles. The Morgan fingerprint density at radius 2 is 2.27 bits per heavy atom. The van der Waals surface area contributed by atoms with Gasteiger partial charge in [-0.3, -0.25) is 4.90 Å². The van der Waals surface area contributed by atoms with Crippen molar-refractivity contribution in [3.8, 4) is 0 Å². The van der Waals surface area contributed by atoms with Crippen molar-refractivity contribution in [2.24, 2.45) is 0 Å². The van der Waals surface area contributed by atoms with Crippen molar-refractivity contribution in [2.75, 3.05) is 13.1 Å². The standard InChI is InChI=1S/C12H22FNO/c1-10(13)3-7-14-8-4-11(15)9-12(14)5-2-6-12/h10-11,15H,2-9H2,1H3. The lowest BCUT2D eigenvalue weighted by Gasteiger charge is -2.54. The molecule has 2 rings (SSSR count). The van der Waals surface area contributed by atoms with Crippen molar-refractivity contribution in [3.05, 3.63) is 0 Å². The van der Waals surface area contributed by atoms with E-state index in [0.29, 0.717) is 6.42 Å². The molecule has 15 heavy (non-hydrogen) atoms. The maximum Gasteiger partial charge on any atom is 0.0985 e. The summed E-state index contributed by atoms with van der Waals surface area (Å²) in [7, 11) is 0. The fraction of sp³-hybridized carbons (Fsp3) is 1.00. The van der Waals surface area contributed by atoms with Gasteiger partial charge in [0, 0.05) is 18.6 Å². The van der Waals surface area contributed by atoms with Crippen molar-refractivity contribution in [2.45, 2.75) is 63.3 Å². The molecular weight excluding hydrogens is 193 g/mol. The molecule has 2 nitrogen and oxygen atoms in total. The number of alkyl halides is 1. The van der Waals surface area contributed by atoms with E-state index < -0.39 is 6.17 Å². The van der Waals surface area contributed by atoms with Gasteiger partial charge in [0.1, 0.15) is 0 Å². The summed E-state index contributed by atoms with van der Waals surface area (Å²) in [5, 5.41) is 9.70. The molecule has 1 N–H and O–H groups in total. The predicted octanol–water partition coefficient (Wildman–Crippen LogP) is 2.11. The third kappa shape index (κ3) is 2.34. The van der Waals surface area contributed by atoms with E-state index in [1.165, 1.54) is 19.3 Å². The van der Waals surface area contributed by atoms with Crippen LogP contribution in [0, 0.1) is 0 Å². The van der Waals surface area contributed by atoms with Crippen LogP contribution in [0.3, 0.4) is 0 Å². The summed E-state index contributed by atoms with van der Waals surface area (Å²) >= 11 is 0. The molecule has 3 heteroatoms. The molecule has 88 valence electrons. The van der Waals surface area contributed by atoms with Crippen LogP contribution in [-0.2, 0) is 0 Å². The van der Waals surface area contributed by atoms with E-state index in [1.807, 2.05) is 0 Å². The summed E-state index contributed by atoms with van der Waals surface area (Å²) in [6.45, 7) is 3.45. The summed E-state index contributed by atoms with van der Waals surface area (Å²) in [4.78, 5) is 2.43. The van der Waals surface area contributed by atoms with Gasteiger partial charge in [-0.1, -0.05) is 0 Å². The highest BCUT2D eigenvalue weighted by Gasteiger charge is 2.45. The largest absolute Gasteiger partial charge is 0.393 e. The van der Waals surface area contributed by atoms with Gasteiger partial charge in [0.15, 0.2) is 0 Å². The molecule has 0 amide bonds. The number of likely N-dealkylation sites (tertiary alicyclic amines) is 1. The van der Waals surface area contributed by atoms with E-state index in [1.54, 1.807) is 6.92 Å². The van der Waals surface area contributed by atoms with Gasteiger partial charge in [0.2, 0.25) is 0 Å².